The molecule has 1 aliphatic heterocycles. The standard InChI is InChI=1S/C20H27N3OS.HI/c1-2-21-20(22-12-10-18-7-6-14-24-18)23-13-11-17(15-23)16-25-19-8-4-3-5-9-19;/h3-9,14,17H,2,10-13,15-16H2,1H3,(H,21,22);1H. The van der Waals surface area contributed by atoms with E-state index in [1.807, 2.05) is 23.9 Å². The van der Waals surface area contributed by atoms with Gasteiger partial charge in [0, 0.05) is 43.2 Å². The van der Waals surface area contributed by atoms with Crippen LogP contribution in [-0.4, -0.2) is 42.8 Å². The maximum atomic E-state index is 5.39. The van der Waals surface area contributed by atoms with Gasteiger partial charge in [-0.25, -0.2) is 0 Å². The van der Waals surface area contributed by atoms with Crippen molar-refractivity contribution in [1.82, 2.24) is 10.2 Å². The normalized spacial score (nSPS) is 17.2. The van der Waals surface area contributed by atoms with Crippen molar-refractivity contribution in [2.24, 2.45) is 10.9 Å². The largest absolute Gasteiger partial charge is 0.469 e. The highest BCUT2D eigenvalue weighted by Crippen LogP contribution is 2.25. The predicted octanol–water partition coefficient (Wildman–Crippen LogP) is 4.52. The zero-order valence-electron chi connectivity index (χ0n) is 15.3. The van der Waals surface area contributed by atoms with Crippen molar-refractivity contribution in [3.05, 3.63) is 54.5 Å². The first-order chi connectivity index (χ1) is 12.3. The van der Waals surface area contributed by atoms with Gasteiger partial charge in [0.15, 0.2) is 5.96 Å². The van der Waals surface area contributed by atoms with Crippen molar-refractivity contribution in [3.8, 4) is 0 Å². The summed E-state index contributed by atoms with van der Waals surface area (Å²) in [5.41, 5.74) is 0. The molecule has 6 heteroatoms. The Bertz CT molecular complexity index is 648. The third kappa shape index (κ3) is 6.54. The molecule has 1 aromatic heterocycles. The van der Waals surface area contributed by atoms with Gasteiger partial charge >= 0.3 is 0 Å². The minimum Gasteiger partial charge on any atom is -0.469 e. The number of nitrogens with one attached hydrogen (secondary N) is 1. The van der Waals surface area contributed by atoms with Gasteiger partial charge in [-0.2, -0.15) is 0 Å². The SMILES string of the molecule is CCNC(=NCCc1ccco1)N1CCC(CSc2ccccc2)C1.I. The number of hydrogen-bond donors (Lipinski definition) is 1. The van der Waals surface area contributed by atoms with Crippen molar-refractivity contribution in [3.63, 3.8) is 0 Å². The first kappa shape index (κ1) is 21.2. The van der Waals surface area contributed by atoms with Crippen LogP contribution in [0.1, 0.15) is 19.1 Å². The molecule has 0 aliphatic carbocycles. The van der Waals surface area contributed by atoms with E-state index in [2.05, 4.69) is 47.5 Å². The maximum absolute atomic E-state index is 5.39. The van der Waals surface area contributed by atoms with Crippen LogP contribution in [0.3, 0.4) is 0 Å². The lowest BCUT2D eigenvalue weighted by Crippen LogP contribution is -2.40. The van der Waals surface area contributed by atoms with Crippen LogP contribution >= 0.6 is 35.7 Å². The fourth-order valence-electron chi connectivity index (χ4n) is 3.04. The average molecular weight is 485 g/mol. The summed E-state index contributed by atoms with van der Waals surface area (Å²) in [4.78, 5) is 8.55. The van der Waals surface area contributed by atoms with Crippen LogP contribution in [-0.2, 0) is 6.42 Å². The molecule has 0 spiro atoms. The monoisotopic (exact) mass is 485 g/mol. The fraction of sp³-hybridized carbons (Fsp3) is 0.450. The van der Waals surface area contributed by atoms with Gasteiger partial charge in [-0.3, -0.25) is 4.99 Å². The van der Waals surface area contributed by atoms with E-state index >= 15 is 0 Å². The van der Waals surface area contributed by atoms with E-state index in [0.717, 1.165) is 50.2 Å². The van der Waals surface area contributed by atoms with Crippen LogP contribution in [0, 0.1) is 5.92 Å². The third-order valence-electron chi connectivity index (χ3n) is 4.35. The smallest absolute Gasteiger partial charge is 0.193 e. The lowest BCUT2D eigenvalue weighted by atomic mass is 10.2. The molecule has 26 heavy (non-hydrogen) atoms. The van der Waals surface area contributed by atoms with Crippen molar-refractivity contribution < 1.29 is 4.42 Å². The van der Waals surface area contributed by atoms with Crippen molar-refractivity contribution in [2.45, 2.75) is 24.7 Å². The van der Waals surface area contributed by atoms with Crippen LogP contribution in [0.25, 0.3) is 0 Å². The number of guanidine groups is 1. The number of rotatable bonds is 7. The summed E-state index contributed by atoms with van der Waals surface area (Å²) < 4.78 is 5.39. The minimum atomic E-state index is 0. The molecule has 0 radical (unpaired) electrons. The molecule has 2 heterocycles. The van der Waals surface area contributed by atoms with E-state index < -0.39 is 0 Å². The first-order valence-electron chi connectivity index (χ1n) is 9.08. The van der Waals surface area contributed by atoms with Crippen LogP contribution in [0.15, 0.2) is 63.0 Å². The molecule has 0 amide bonds. The highest BCUT2D eigenvalue weighted by Gasteiger charge is 2.24. The van der Waals surface area contributed by atoms with Gasteiger partial charge in [0.2, 0.25) is 0 Å². The van der Waals surface area contributed by atoms with E-state index in [4.69, 9.17) is 9.41 Å². The maximum Gasteiger partial charge on any atom is 0.193 e. The molecule has 142 valence electrons. The van der Waals surface area contributed by atoms with E-state index in [9.17, 15) is 0 Å². The van der Waals surface area contributed by atoms with Gasteiger partial charge in [0.05, 0.1) is 6.26 Å². The highest BCUT2D eigenvalue weighted by molar-refractivity contribution is 14.0. The van der Waals surface area contributed by atoms with Crippen LogP contribution in [0.2, 0.25) is 0 Å². The Labute approximate surface area is 177 Å². The number of aliphatic imine (C=N–C) groups is 1. The number of halogens is 1. The van der Waals surface area contributed by atoms with Gasteiger partial charge in [0.25, 0.3) is 0 Å². The molecular weight excluding hydrogens is 457 g/mol. The number of hydrogen-bond acceptors (Lipinski definition) is 3. The highest BCUT2D eigenvalue weighted by atomic mass is 127. The Balaban J connectivity index is 0.00000243. The zero-order valence-corrected chi connectivity index (χ0v) is 18.4. The number of nitrogens with zero attached hydrogens (tertiary/aromatic N) is 2. The topological polar surface area (TPSA) is 40.8 Å². The Kier molecular flexibility index (Phi) is 9.39. The van der Waals surface area contributed by atoms with Gasteiger partial charge in [0.1, 0.15) is 5.76 Å². The van der Waals surface area contributed by atoms with Crippen LogP contribution in [0.4, 0.5) is 0 Å². The van der Waals surface area contributed by atoms with E-state index in [0.29, 0.717) is 0 Å². The molecule has 1 saturated heterocycles. The Hall–Kier alpha value is -1.15. The number of thioether (sulfide) groups is 1. The summed E-state index contributed by atoms with van der Waals surface area (Å²) >= 11 is 1.96. The third-order valence-corrected chi connectivity index (χ3v) is 5.59. The quantitative estimate of drug-likeness (QED) is 0.271. The Morgan fingerprint density at radius 2 is 2.12 bits per heavy atom. The van der Waals surface area contributed by atoms with E-state index in [1.54, 1.807) is 6.26 Å². The molecule has 1 N–H and O–H groups in total. The molecule has 1 unspecified atom stereocenters. The minimum absolute atomic E-state index is 0. The second-order valence-electron chi connectivity index (χ2n) is 6.29. The lowest BCUT2D eigenvalue weighted by Gasteiger charge is -2.21. The van der Waals surface area contributed by atoms with Crippen molar-refractivity contribution in [2.75, 3.05) is 31.9 Å². The predicted molar refractivity (Wildman–Crippen MR) is 121 cm³/mol. The summed E-state index contributed by atoms with van der Waals surface area (Å²) in [7, 11) is 0. The van der Waals surface area contributed by atoms with Gasteiger partial charge in [-0.05, 0) is 43.5 Å². The molecule has 1 fully saturated rings. The summed E-state index contributed by atoms with van der Waals surface area (Å²) in [6.07, 6.45) is 3.81. The van der Waals surface area contributed by atoms with Crippen LogP contribution in [0.5, 0.6) is 0 Å². The first-order valence-corrected chi connectivity index (χ1v) is 10.1. The van der Waals surface area contributed by atoms with Crippen LogP contribution < -0.4 is 5.32 Å². The number of benzene rings is 1. The van der Waals surface area contributed by atoms with Gasteiger partial charge < -0.3 is 14.6 Å². The second-order valence-corrected chi connectivity index (χ2v) is 7.38. The molecule has 0 bridgehead atoms. The molecular formula is C20H28IN3OS. The van der Waals surface area contributed by atoms with Gasteiger partial charge in [-0.1, -0.05) is 18.2 Å². The molecule has 3 rings (SSSR count). The molecule has 1 aliphatic rings. The Morgan fingerprint density at radius 1 is 1.27 bits per heavy atom. The lowest BCUT2D eigenvalue weighted by molar-refractivity contribution is 0.472. The number of likely N-dealkylation sites (tertiary alicyclic amines) is 1. The average Bonchev–Trinajstić information content (AvgIpc) is 3.32. The van der Waals surface area contributed by atoms with E-state index in [-0.39, 0.29) is 24.0 Å². The number of furan rings is 1. The second kappa shape index (κ2) is 11.5. The summed E-state index contributed by atoms with van der Waals surface area (Å²) in [5, 5.41) is 3.44. The molecule has 1 aromatic carbocycles. The molecule has 2 aromatic rings. The zero-order chi connectivity index (χ0) is 17.3. The summed E-state index contributed by atoms with van der Waals surface area (Å²) in [6, 6.07) is 14.6. The van der Waals surface area contributed by atoms with Gasteiger partial charge in [-0.15, -0.1) is 35.7 Å². The summed E-state index contributed by atoms with van der Waals surface area (Å²) in [6.45, 7) is 5.97. The van der Waals surface area contributed by atoms with Crippen molar-refractivity contribution in [1.29, 1.82) is 0 Å². The molecule has 4 nitrogen and oxygen atoms in total. The molecule has 0 saturated carbocycles. The fourth-order valence-corrected chi connectivity index (χ4v) is 4.09. The van der Waals surface area contributed by atoms with E-state index in [1.165, 1.54) is 17.1 Å². The Morgan fingerprint density at radius 3 is 2.85 bits per heavy atom. The molecule has 1 atom stereocenters. The summed E-state index contributed by atoms with van der Waals surface area (Å²) in [5.74, 6) is 3.94. The van der Waals surface area contributed by atoms with Crippen molar-refractivity contribution >= 4 is 41.7 Å².